The molecule has 2 amide bonds. The topological polar surface area (TPSA) is 58.8 Å². The van der Waals surface area contributed by atoms with Crippen molar-refractivity contribution in [3.63, 3.8) is 0 Å². The quantitative estimate of drug-likeness (QED) is 0.787. The van der Waals surface area contributed by atoms with Crippen LogP contribution in [0.4, 0.5) is 10.5 Å². The van der Waals surface area contributed by atoms with Gasteiger partial charge in [-0.25, -0.2) is 14.8 Å². The number of urea groups is 1. The first-order valence-corrected chi connectivity index (χ1v) is 4.89. The van der Waals surface area contributed by atoms with Crippen molar-refractivity contribution in [1.82, 2.24) is 5.01 Å². The van der Waals surface area contributed by atoms with Gasteiger partial charge in [0.1, 0.15) is 11.4 Å². The van der Waals surface area contributed by atoms with Crippen LogP contribution < -0.4 is 15.5 Å². The number of para-hydroxylation sites is 1. The van der Waals surface area contributed by atoms with Crippen LogP contribution in [-0.4, -0.2) is 32.2 Å². The van der Waals surface area contributed by atoms with Crippen LogP contribution in [0.2, 0.25) is 0 Å². The highest BCUT2D eigenvalue weighted by molar-refractivity contribution is 5.92. The van der Waals surface area contributed by atoms with Crippen LogP contribution in [0.1, 0.15) is 5.56 Å². The van der Waals surface area contributed by atoms with Gasteiger partial charge in [-0.3, -0.25) is 0 Å². The number of nitrogens with two attached hydrogens (primary N) is 1. The van der Waals surface area contributed by atoms with E-state index in [0.717, 1.165) is 5.56 Å². The second-order valence-electron chi connectivity index (χ2n) is 3.62. The third kappa shape index (κ3) is 2.25. The number of carbonyl (C=O) groups is 1. The van der Waals surface area contributed by atoms with Gasteiger partial charge in [0.2, 0.25) is 0 Å². The molecule has 1 aromatic carbocycles. The van der Waals surface area contributed by atoms with Crippen molar-refractivity contribution in [2.45, 2.75) is 6.92 Å². The molecule has 88 valence electrons. The monoisotopic (exact) mass is 223 g/mol. The molecule has 0 aliphatic heterocycles. The Bertz CT molecular complexity index is 391. The number of ether oxygens (including phenoxy) is 1. The Kier molecular flexibility index (Phi) is 3.73. The maximum atomic E-state index is 11.4. The highest BCUT2D eigenvalue weighted by Gasteiger charge is 2.20. The predicted octanol–water partition coefficient (Wildman–Crippen LogP) is 1.37. The van der Waals surface area contributed by atoms with E-state index in [1.807, 2.05) is 19.1 Å². The van der Waals surface area contributed by atoms with Crippen LogP contribution in [0.25, 0.3) is 0 Å². The van der Waals surface area contributed by atoms with Crippen molar-refractivity contribution in [3.05, 3.63) is 23.8 Å². The predicted molar refractivity (Wildman–Crippen MR) is 63.5 cm³/mol. The lowest BCUT2D eigenvalue weighted by atomic mass is 10.2. The van der Waals surface area contributed by atoms with Gasteiger partial charge in [-0.1, -0.05) is 12.1 Å². The molecule has 0 aliphatic rings. The van der Waals surface area contributed by atoms with E-state index in [1.54, 1.807) is 32.3 Å². The van der Waals surface area contributed by atoms with Crippen molar-refractivity contribution in [3.8, 4) is 5.75 Å². The number of methoxy groups -OCH3 is 1. The first kappa shape index (κ1) is 12.3. The molecule has 5 heteroatoms. The van der Waals surface area contributed by atoms with Crippen LogP contribution in [0.3, 0.4) is 0 Å². The molecule has 0 aliphatic carbocycles. The Balaban J connectivity index is 3.33. The molecule has 0 saturated heterocycles. The Labute approximate surface area is 95.4 Å². The molecule has 0 bridgehead atoms. The summed E-state index contributed by atoms with van der Waals surface area (Å²) in [5, 5.41) is 2.99. The summed E-state index contributed by atoms with van der Waals surface area (Å²) in [5.41, 5.74) is 6.94. The second kappa shape index (κ2) is 4.85. The minimum atomic E-state index is -0.544. The third-order valence-corrected chi connectivity index (χ3v) is 2.24. The van der Waals surface area contributed by atoms with E-state index in [1.165, 1.54) is 5.01 Å². The molecule has 1 aromatic rings. The standard InChI is InChI=1S/C11H17N3O2/c1-8-6-5-7-9(16-4)10(8)14(11(12)15)13(2)3/h5-7H,1-4H3,(H2,12,15). The molecule has 2 N–H and O–H groups in total. The van der Waals surface area contributed by atoms with Crippen LogP contribution in [-0.2, 0) is 0 Å². The average molecular weight is 223 g/mol. The normalized spacial score (nSPS) is 10.3. The fourth-order valence-electron chi connectivity index (χ4n) is 1.58. The average Bonchev–Trinajstić information content (AvgIpc) is 2.19. The molecule has 0 spiro atoms. The molecule has 0 saturated carbocycles. The molecule has 1 rings (SSSR count). The van der Waals surface area contributed by atoms with E-state index in [-0.39, 0.29) is 0 Å². The van der Waals surface area contributed by atoms with Gasteiger partial charge in [-0.15, -0.1) is 0 Å². The number of aryl methyl sites for hydroxylation is 1. The lowest BCUT2D eigenvalue weighted by Crippen LogP contribution is -2.45. The number of nitrogens with zero attached hydrogens (tertiary/aromatic N) is 2. The van der Waals surface area contributed by atoms with Crippen LogP contribution >= 0.6 is 0 Å². The van der Waals surface area contributed by atoms with E-state index in [9.17, 15) is 4.79 Å². The zero-order valence-electron chi connectivity index (χ0n) is 10.0. The van der Waals surface area contributed by atoms with Crippen LogP contribution in [0.15, 0.2) is 18.2 Å². The fraction of sp³-hybridized carbons (Fsp3) is 0.364. The number of amides is 2. The molecule has 0 heterocycles. The summed E-state index contributed by atoms with van der Waals surface area (Å²) in [5.74, 6) is 0.618. The summed E-state index contributed by atoms with van der Waals surface area (Å²) in [6.45, 7) is 1.90. The van der Waals surface area contributed by atoms with Crippen LogP contribution in [0.5, 0.6) is 5.75 Å². The number of carbonyl (C=O) groups excluding carboxylic acids is 1. The number of anilines is 1. The molecule has 0 atom stereocenters. The Morgan fingerprint density at radius 2 is 2.00 bits per heavy atom. The molecular weight excluding hydrogens is 206 g/mol. The smallest absolute Gasteiger partial charge is 0.334 e. The fourth-order valence-corrected chi connectivity index (χ4v) is 1.58. The first-order chi connectivity index (χ1) is 7.49. The van der Waals surface area contributed by atoms with Crippen molar-refractivity contribution in [2.75, 3.05) is 26.2 Å². The molecule has 0 aromatic heterocycles. The minimum absolute atomic E-state index is 0.544. The van der Waals surface area contributed by atoms with E-state index < -0.39 is 6.03 Å². The Morgan fingerprint density at radius 1 is 1.38 bits per heavy atom. The second-order valence-corrected chi connectivity index (χ2v) is 3.62. The van der Waals surface area contributed by atoms with Gasteiger partial charge >= 0.3 is 6.03 Å². The van der Waals surface area contributed by atoms with Gasteiger partial charge in [0.15, 0.2) is 0 Å². The van der Waals surface area contributed by atoms with Gasteiger partial charge < -0.3 is 10.5 Å². The maximum absolute atomic E-state index is 11.4. The van der Waals surface area contributed by atoms with Crippen molar-refractivity contribution < 1.29 is 9.53 Å². The van der Waals surface area contributed by atoms with Crippen molar-refractivity contribution >= 4 is 11.7 Å². The highest BCUT2D eigenvalue weighted by atomic mass is 16.5. The number of hydrogen-bond donors (Lipinski definition) is 1. The minimum Gasteiger partial charge on any atom is -0.495 e. The lowest BCUT2D eigenvalue weighted by molar-refractivity contribution is 0.238. The van der Waals surface area contributed by atoms with Crippen LogP contribution in [0, 0.1) is 6.92 Å². The third-order valence-electron chi connectivity index (χ3n) is 2.24. The van der Waals surface area contributed by atoms with E-state index in [0.29, 0.717) is 11.4 Å². The van der Waals surface area contributed by atoms with E-state index in [2.05, 4.69) is 0 Å². The van der Waals surface area contributed by atoms with E-state index in [4.69, 9.17) is 10.5 Å². The SMILES string of the molecule is COc1cccc(C)c1N(C(N)=O)N(C)C. The molecule has 16 heavy (non-hydrogen) atoms. The largest absolute Gasteiger partial charge is 0.495 e. The molecule has 0 radical (unpaired) electrons. The lowest BCUT2D eigenvalue weighted by Gasteiger charge is -2.29. The number of hydrazine groups is 1. The summed E-state index contributed by atoms with van der Waals surface area (Å²) in [6.07, 6.45) is 0. The van der Waals surface area contributed by atoms with Gasteiger partial charge in [-0.2, -0.15) is 0 Å². The summed E-state index contributed by atoms with van der Waals surface area (Å²) in [7, 11) is 5.06. The summed E-state index contributed by atoms with van der Waals surface area (Å²) >= 11 is 0. The summed E-state index contributed by atoms with van der Waals surface area (Å²) in [6, 6.07) is 5.02. The molecule has 0 unspecified atom stereocenters. The summed E-state index contributed by atoms with van der Waals surface area (Å²) < 4.78 is 5.23. The molecular formula is C11H17N3O2. The number of benzene rings is 1. The van der Waals surface area contributed by atoms with E-state index >= 15 is 0 Å². The Hall–Kier alpha value is -1.75. The van der Waals surface area contributed by atoms with Gasteiger partial charge in [-0.05, 0) is 18.6 Å². The van der Waals surface area contributed by atoms with Gasteiger partial charge in [0, 0.05) is 14.1 Å². The first-order valence-electron chi connectivity index (χ1n) is 4.89. The zero-order chi connectivity index (χ0) is 12.3. The zero-order valence-corrected chi connectivity index (χ0v) is 10.0. The number of primary amides is 1. The highest BCUT2D eigenvalue weighted by Crippen LogP contribution is 2.31. The maximum Gasteiger partial charge on any atom is 0.334 e. The molecule has 0 fully saturated rings. The molecule has 5 nitrogen and oxygen atoms in total. The Morgan fingerprint density at radius 3 is 2.44 bits per heavy atom. The summed E-state index contributed by atoms with van der Waals surface area (Å²) in [4.78, 5) is 11.4. The van der Waals surface area contributed by atoms with Crippen molar-refractivity contribution in [1.29, 1.82) is 0 Å². The van der Waals surface area contributed by atoms with Gasteiger partial charge in [0.25, 0.3) is 0 Å². The number of rotatable bonds is 3. The number of hydrogen-bond acceptors (Lipinski definition) is 3. The van der Waals surface area contributed by atoms with Crippen molar-refractivity contribution in [2.24, 2.45) is 5.73 Å². The van der Waals surface area contributed by atoms with Gasteiger partial charge in [0.05, 0.1) is 7.11 Å².